The summed E-state index contributed by atoms with van der Waals surface area (Å²) in [5, 5.41) is 11.2. The molecule has 1 fully saturated rings. The minimum absolute atomic E-state index is 0. The number of hydrogen-bond acceptors (Lipinski definition) is 3. The maximum absolute atomic E-state index is 12.8. The Labute approximate surface area is 154 Å². The Hall–Kier alpha value is -1.88. The first-order valence-electron chi connectivity index (χ1n) is 8.55. The molecule has 0 radical (unpaired) electrons. The van der Waals surface area contributed by atoms with Crippen molar-refractivity contribution in [1.29, 1.82) is 0 Å². The molecule has 5 heteroatoms. The number of esters is 1. The third-order valence-electron chi connectivity index (χ3n) is 4.68. The SMILES string of the molecule is O=C(OCC[NH+]1CCCC1)C(O)(c1ccccc1)c1ccccc1.[Cl-]. The van der Waals surface area contributed by atoms with Crippen molar-refractivity contribution in [2.45, 2.75) is 18.4 Å². The van der Waals surface area contributed by atoms with Crippen LogP contribution in [0.4, 0.5) is 0 Å². The molecule has 0 saturated carbocycles. The van der Waals surface area contributed by atoms with E-state index in [4.69, 9.17) is 4.74 Å². The topological polar surface area (TPSA) is 51.0 Å². The summed E-state index contributed by atoms with van der Waals surface area (Å²) in [6.07, 6.45) is 2.47. The van der Waals surface area contributed by atoms with Gasteiger partial charge in [0.15, 0.2) is 0 Å². The molecule has 0 aromatic heterocycles. The van der Waals surface area contributed by atoms with Crippen LogP contribution < -0.4 is 17.3 Å². The fourth-order valence-electron chi connectivity index (χ4n) is 3.28. The lowest BCUT2D eigenvalue weighted by Gasteiger charge is -2.27. The molecule has 0 bridgehead atoms. The van der Waals surface area contributed by atoms with Crippen LogP contribution in [-0.4, -0.2) is 37.3 Å². The number of carbonyl (C=O) groups excluding carboxylic acids is 1. The van der Waals surface area contributed by atoms with Gasteiger partial charge in [0, 0.05) is 12.8 Å². The van der Waals surface area contributed by atoms with Crippen LogP contribution in [0.1, 0.15) is 24.0 Å². The number of carbonyl (C=O) groups is 1. The van der Waals surface area contributed by atoms with Gasteiger partial charge in [0.1, 0.15) is 13.2 Å². The van der Waals surface area contributed by atoms with Crippen molar-refractivity contribution < 1.29 is 31.9 Å². The third-order valence-corrected chi connectivity index (χ3v) is 4.68. The van der Waals surface area contributed by atoms with Crippen LogP contribution in [0.3, 0.4) is 0 Å². The van der Waals surface area contributed by atoms with E-state index in [0.717, 1.165) is 19.6 Å². The summed E-state index contributed by atoms with van der Waals surface area (Å²) in [5.41, 5.74) is -0.729. The van der Waals surface area contributed by atoms with Crippen LogP contribution in [0.2, 0.25) is 0 Å². The van der Waals surface area contributed by atoms with Gasteiger partial charge in [-0.05, 0) is 11.1 Å². The van der Waals surface area contributed by atoms with Crippen LogP contribution in [0.15, 0.2) is 60.7 Å². The molecule has 0 unspecified atom stereocenters. The minimum Gasteiger partial charge on any atom is -1.00 e. The number of likely N-dealkylation sites (tertiary alicyclic amines) is 1. The van der Waals surface area contributed by atoms with Crippen LogP contribution in [0.25, 0.3) is 0 Å². The minimum atomic E-state index is -1.77. The van der Waals surface area contributed by atoms with Crippen molar-refractivity contribution in [3.05, 3.63) is 71.8 Å². The maximum Gasteiger partial charge on any atom is 0.347 e. The average molecular weight is 362 g/mol. The lowest BCUT2D eigenvalue weighted by Crippen LogP contribution is -3.10. The van der Waals surface area contributed by atoms with Gasteiger partial charge in [-0.25, -0.2) is 4.79 Å². The van der Waals surface area contributed by atoms with Crippen molar-refractivity contribution in [2.24, 2.45) is 0 Å². The van der Waals surface area contributed by atoms with E-state index in [9.17, 15) is 9.90 Å². The summed E-state index contributed by atoms with van der Waals surface area (Å²) in [7, 11) is 0. The Kier molecular flexibility index (Phi) is 7.00. The van der Waals surface area contributed by atoms with Gasteiger partial charge in [-0.2, -0.15) is 0 Å². The first kappa shape index (κ1) is 19.4. The fourth-order valence-corrected chi connectivity index (χ4v) is 3.28. The Morgan fingerprint density at radius 3 is 1.92 bits per heavy atom. The van der Waals surface area contributed by atoms with Gasteiger partial charge in [-0.1, -0.05) is 60.7 Å². The molecule has 0 aliphatic carbocycles. The van der Waals surface area contributed by atoms with Crippen LogP contribution in [0, 0.1) is 0 Å². The smallest absolute Gasteiger partial charge is 0.347 e. The molecule has 0 spiro atoms. The second-order valence-corrected chi connectivity index (χ2v) is 6.29. The largest absolute Gasteiger partial charge is 1.00 e. The number of quaternary nitrogens is 1. The number of rotatable bonds is 6. The highest BCUT2D eigenvalue weighted by molar-refractivity contribution is 5.85. The monoisotopic (exact) mass is 361 g/mol. The molecule has 2 N–H and O–H groups in total. The Morgan fingerprint density at radius 1 is 0.960 bits per heavy atom. The van der Waals surface area contributed by atoms with E-state index in [0.29, 0.717) is 17.7 Å². The molecule has 1 aliphatic rings. The van der Waals surface area contributed by atoms with Gasteiger partial charge in [0.05, 0.1) is 13.1 Å². The van der Waals surface area contributed by atoms with Gasteiger partial charge in [0.25, 0.3) is 0 Å². The first-order valence-corrected chi connectivity index (χ1v) is 8.55. The molecular weight excluding hydrogens is 338 g/mol. The molecule has 4 nitrogen and oxygen atoms in total. The zero-order valence-electron chi connectivity index (χ0n) is 14.2. The lowest BCUT2D eigenvalue weighted by molar-refractivity contribution is -0.887. The van der Waals surface area contributed by atoms with Crippen molar-refractivity contribution in [3.8, 4) is 0 Å². The predicted octanol–water partition coefficient (Wildman–Crippen LogP) is -1.85. The molecule has 2 aromatic carbocycles. The highest BCUT2D eigenvalue weighted by Gasteiger charge is 2.41. The van der Waals surface area contributed by atoms with Crippen LogP contribution in [-0.2, 0) is 15.1 Å². The third kappa shape index (κ3) is 4.40. The molecule has 1 aliphatic heterocycles. The van der Waals surface area contributed by atoms with Crippen LogP contribution in [0.5, 0.6) is 0 Å². The van der Waals surface area contributed by atoms with E-state index < -0.39 is 11.6 Å². The average Bonchev–Trinajstić information content (AvgIpc) is 3.16. The molecule has 0 atom stereocenters. The molecule has 0 amide bonds. The van der Waals surface area contributed by atoms with E-state index >= 15 is 0 Å². The number of benzene rings is 2. The molecule has 1 saturated heterocycles. The number of ether oxygens (including phenoxy) is 1. The second-order valence-electron chi connectivity index (χ2n) is 6.29. The van der Waals surface area contributed by atoms with Gasteiger partial charge in [-0.15, -0.1) is 0 Å². The van der Waals surface area contributed by atoms with Crippen molar-refractivity contribution in [1.82, 2.24) is 0 Å². The quantitative estimate of drug-likeness (QED) is 0.594. The Balaban J connectivity index is 0.00000225. The summed E-state index contributed by atoms with van der Waals surface area (Å²) in [4.78, 5) is 14.2. The first-order chi connectivity index (χ1) is 11.7. The van der Waals surface area contributed by atoms with Crippen molar-refractivity contribution >= 4 is 5.97 Å². The normalized spacial score (nSPS) is 14.8. The fraction of sp³-hybridized carbons (Fsp3) is 0.350. The second kappa shape index (κ2) is 8.99. The van der Waals surface area contributed by atoms with E-state index in [1.807, 2.05) is 36.4 Å². The Morgan fingerprint density at radius 2 is 1.44 bits per heavy atom. The molecule has 1 heterocycles. The predicted molar refractivity (Wildman–Crippen MR) is 91.6 cm³/mol. The summed E-state index contributed by atoms with van der Waals surface area (Å²) in [6, 6.07) is 18.0. The molecule has 134 valence electrons. The summed E-state index contributed by atoms with van der Waals surface area (Å²) in [6.45, 7) is 3.40. The van der Waals surface area contributed by atoms with E-state index in [2.05, 4.69) is 0 Å². The van der Waals surface area contributed by atoms with Gasteiger partial charge in [0.2, 0.25) is 5.60 Å². The number of halogens is 1. The van der Waals surface area contributed by atoms with Gasteiger partial charge >= 0.3 is 5.97 Å². The van der Waals surface area contributed by atoms with Gasteiger partial charge < -0.3 is 27.2 Å². The zero-order chi connectivity index (χ0) is 16.8. The molecular formula is C20H24ClNO3. The number of nitrogens with one attached hydrogen (secondary N) is 1. The van der Waals surface area contributed by atoms with Crippen molar-refractivity contribution in [3.63, 3.8) is 0 Å². The van der Waals surface area contributed by atoms with E-state index in [1.54, 1.807) is 24.3 Å². The van der Waals surface area contributed by atoms with E-state index in [-0.39, 0.29) is 12.4 Å². The lowest BCUT2D eigenvalue weighted by atomic mass is 9.86. The maximum atomic E-state index is 12.8. The van der Waals surface area contributed by atoms with E-state index in [1.165, 1.54) is 17.7 Å². The highest BCUT2D eigenvalue weighted by atomic mass is 35.5. The highest BCUT2D eigenvalue weighted by Crippen LogP contribution is 2.30. The Bertz CT molecular complexity index is 618. The standard InChI is InChI=1S/C20H23NO3.ClH/c22-19(24-16-15-21-13-7-8-14-21)20(23,17-9-3-1-4-10-17)18-11-5-2-6-12-18;/h1-6,9-12,23H,7-8,13-16H2;1H. The van der Waals surface area contributed by atoms with Gasteiger partial charge in [-0.3, -0.25) is 0 Å². The van der Waals surface area contributed by atoms with Crippen LogP contribution >= 0.6 is 0 Å². The number of aliphatic hydroxyl groups is 1. The summed E-state index contributed by atoms with van der Waals surface area (Å²) < 4.78 is 5.47. The van der Waals surface area contributed by atoms with Crippen molar-refractivity contribution in [2.75, 3.05) is 26.2 Å². The summed E-state index contributed by atoms with van der Waals surface area (Å²) in [5.74, 6) is -0.613. The molecule has 3 rings (SSSR count). The number of hydrogen-bond donors (Lipinski definition) is 2. The molecule has 2 aromatic rings. The zero-order valence-corrected chi connectivity index (χ0v) is 14.9. The molecule has 25 heavy (non-hydrogen) atoms. The summed E-state index contributed by atoms with van der Waals surface area (Å²) >= 11 is 0.